The fraction of sp³-hybridized carbons (Fsp3) is 0.889. The minimum Gasteiger partial charge on any atom is -0.469 e. The Hall–Kier alpha value is -0.570. The van der Waals surface area contributed by atoms with Crippen LogP contribution in [0.25, 0.3) is 0 Å². The second kappa shape index (κ2) is 2.02. The van der Waals surface area contributed by atoms with Crippen LogP contribution in [0.5, 0.6) is 0 Å². The summed E-state index contributed by atoms with van der Waals surface area (Å²) in [6.07, 6.45) is 2.85. The monoisotopic (exact) mass is 169 g/mol. The molecule has 3 heteroatoms. The molecule has 3 nitrogen and oxygen atoms in total. The number of esters is 1. The van der Waals surface area contributed by atoms with Crippen LogP contribution < -0.4 is 5.73 Å². The van der Waals surface area contributed by atoms with Crippen molar-refractivity contribution in [2.75, 3.05) is 7.11 Å². The van der Waals surface area contributed by atoms with Crippen LogP contribution in [0.2, 0.25) is 0 Å². The zero-order valence-corrected chi connectivity index (χ0v) is 7.59. The number of rotatable bonds is 2. The molecule has 3 aliphatic rings. The maximum Gasteiger partial charge on any atom is 0.311 e. The lowest BCUT2D eigenvalue weighted by Crippen LogP contribution is -2.70. The highest BCUT2D eigenvalue weighted by atomic mass is 16.5. The first kappa shape index (κ1) is 8.05. The molecule has 0 aromatic heterocycles. The van der Waals surface area contributed by atoms with E-state index in [2.05, 4.69) is 0 Å². The second-order valence-corrected chi connectivity index (χ2v) is 4.45. The van der Waals surface area contributed by atoms with Gasteiger partial charge in [0.1, 0.15) is 0 Å². The van der Waals surface area contributed by atoms with Crippen molar-refractivity contribution in [3.8, 4) is 0 Å². The first-order valence-corrected chi connectivity index (χ1v) is 4.39. The van der Waals surface area contributed by atoms with Crippen molar-refractivity contribution in [2.45, 2.75) is 32.2 Å². The molecule has 0 radical (unpaired) electrons. The third-order valence-corrected chi connectivity index (χ3v) is 3.66. The molecule has 1 unspecified atom stereocenters. The number of nitrogens with two attached hydrogens (primary N) is 1. The van der Waals surface area contributed by atoms with E-state index in [9.17, 15) is 4.79 Å². The zero-order chi connectivity index (χ0) is 8.98. The summed E-state index contributed by atoms with van der Waals surface area (Å²) in [7, 11) is 1.46. The molecule has 12 heavy (non-hydrogen) atoms. The predicted molar refractivity (Wildman–Crippen MR) is 44.4 cm³/mol. The van der Waals surface area contributed by atoms with Crippen LogP contribution in [-0.4, -0.2) is 19.1 Å². The van der Waals surface area contributed by atoms with Gasteiger partial charge in [0, 0.05) is 6.04 Å². The van der Waals surface area contributed by atoms with Crippen molar-refractivity contribution in [3.05, 3.63) is 0 Å². The third kappa shape index (κ3) is 0.678. The topological polar surface area (TPSA) is 52.3 Å². The van der Waals surface area contributed by atoms with Gasteiger partial charge in [-0.1, -0.05) is 0 Å². The van der Waals surface area contributed by atoms with Gasteiger partial charge < -0.3 is 10.5 Å². The number of hydrogen-bond acceptors (Lipinski definition) is 3. The SMILES string of the molecule is COC(=O)[C@]12C[C@@](C(C)N)(C1)C2. The molecule has 3 rings (SSSR count). The van der Waals surface area contributed by atoms with Gasteiger partial charge in [-0.15, -0.1) is 0 Å². The molecular formula is C9H15NO2. The van der Waals surface area contributed by atoms with E-state index in [1.807, 2.05) is 6.92 Å². The minimum atomic E-state index is -0.123. The highest BCUT2D eigenvalue weighted by Gasteiger charge is 2.73. The maximum absolute atomic E-state index is 11.3. The van der Waals surface area contributed by atoms with Gasteiger partial charge in [-0.3, -0.25) is 4.79 Å². The summed E-state index contributed by atoms with van der Waals surface area (Å²) in [5.74, 6) is -0.0370. The number of carbonyl (C=O) groups excluding carboxylic acids is 1. The summed E-state index contributed by atoms with van der Waals surface area (Å²) < 4.78 is 4.74. The Morgan fingerprint density at radius 1 is 1.50 bits per heavy atom. The van der Waals surface area contributed by atoms with Gasteiger partial charge in [-0.25, -0.2) is 0 Å². The average Bonchev–Trinajstić information content (AvgIpc) is 1.80. The summed E-state index contributed by atoms with van der Waals surface area (Å²) in [6.45, 7) is 2.03. The standard InChI is InChI=1S/C9H15NO2/c1-6(10)8-3-9(4-8,5-8)7(11)12-2/h6H,3-5,10H2,1-2H3/t6?,8-,9-. The Kier molecular flexibility index (Phi) is 1.35. The number of ether oxygens (including phenoxy) is 1. The lowest BCUT2D eigenvalue weighted by atomic mass is 9.33. The van der Waals surface area contributed by atoms with E-state index in [0.717, 1.165) is 19.3 Å². The van der Waals surface area contributed by atoms with Crippen LogP contribution in [0.15, 0.2) is 0 Å². The first-order valence-electron chi connectivity index (χ1n) is 4.39. The highest BCUT2D eigenvalue weighted by Crippen LogP contribution is 2.74. The van der Waals surface area contributed by atoms with Crippen molar-refractivity contribution in [1.82, 2.24) is 0 Å². The van der Waals surface area contributed by atoms with Crippen LogP contribution >= 0.6 is 0 Å². The Morgan fingerprint density at radius 2 is 2.00 bits per heavy atom. The van der Waals surface area contributed by atoms with E-state index in [0.29, 0.717) is 0 Å². The predicted octanol–water partition coefficient (Wildman–Crippen LogP) is 0.677. The quantitative estimate of drug-likeness (QED) is 0.618. The van der Waals surface area contributed by atoms with E-state index in [1.165, 1.54) is 7.11 Å². The van der Waals surface area contributed by atoms with Crippen LogP contribution in [0.4, 0.5) is 0 Å². The summed E-state index contributed by atoms with van der Waals surface area (Å²) in [5, 5.41) is 0. The molecule has 3 saturated carbocycles. The largest absolute Gasteiger partial charge is 0.469 e. The van der Waals surface area contributed by atoms with E-state index in [4.69, 9.17) is 10.5 Å². The molecule has 3 aliphatic carbocycles. The Bertz CT molecular complexity index is 215. The molecule has 2 bridgehead atoms. The fourth-order valence-electron chi connectivity index (χ4n) is 2.78. The lowest BCUT2D eigenvalue weighted by Gasteiger charge is -2.70. The van der Waals surface area contributed by atoms with Gasteiger partial charge in [0.2, 0.25) is 0 Å². The lowest BCUT2D eigenvalue weighted by molar-refractivity contribution is -0.230. The molecule has 2 N–H and O–H groups in total. The second-order valence-electron chi connectivity index (χ2n) is 4.45. The minimum absolute atomic E-state index is 0.0370. The fourth-order valence-corrected chi connectivity index (χ4v) is 2.78. The van der Waals surface area contributed by atoms with E-state index >= 15 is 0 Å². The highest BCUT2D eigenvalue weighted by molar-refractivity contribution is 5.81. The molecule has 0 aliphatic heterocycles. The molecule has 0 spiro atoms. The van der Waals surface area contributed by atoms with Crippen molar-refractivity contribution < 1.29 is 9.53 Å². The molecule has 0 aromatic carbocycles. The third-order valence-electron chi connectivity index (χ3n) is 3.66. The number of carbonyl (C=O) groups is 1. The molecule has 0 aromatic rings. The molecule has 3 fully saturated rings. The first-order chi connectivity index (χ1) is 5.55. The molecule has 1 atom stereocenters. The van der Waals surface area contributed by atoms with Crippen molar-refractivity contribution in [1.29, 1.82) is 0 Å². The van der Waals surface area contributed by atoms with Gasteiger partial charge in [0.15, 0.2) is 0 Å². The molecular weight excluding hydrogens is 154 g/mol. The summed E-state index contributed by atoms with van der Waals surface area (Å²) in [4.78, 5) is 11.3. The smallest absolute Gasteiger partial charge is 0.311 e. The molecule has 68 valence electrons. The van der Waals surface area contributed by atoms with Gasteiger partial charge >= 0.3 is 5.97 Å². The van der Waals surface area contributed by atoms with Crippen molar-refractivity contribution >= 4 is 5.97 Å². The maximum atomic E-state index is 11.3. The van der Waals surface area contributed by atoms with Crippen LogP contribution in [-0.2, 0) is 9.53 Å². The van der Waals surface area contributed by atoms with E-state index in [-0.39, 0.29) is 22.8 Å². The van der Waals surface area contributed by atoms with Crippen molar-refractivity contribution in [3.63, 3.8) is 0 Å². The molecule has 0 saturated heterocycles. The summed E-state index contributed by atoms with van der Waals surface area (Å²) in [5.41, 5.74) is 5.98. The number of hydrogen-bond donors (Lipinski definition) is 1. The van der Waals surface area contributed by atoms with E-state index in [1.54, 1.807) is 0 Å². The molecule has 0 heterocycles. The van der Waals surface area contributed by atoms with Gasteiger partial charge in [0.05, 0.1) is 12.5 Å². The normalized spacial score (nSPS) is 45.6. The van der Waals surface area contributed by atoms with Crippen molar-refractivity contribution in [2.24, 2.45) is 16.6 Å². The van der Waals surface area contributed by atoms with Gasteiger partial charge in [-0.2, -0.15) is 0 Å². The van der Waals surface area contributed by atoms with E-state index < -0.39 is 0 Å². The average molecular weight is 169 g/mol. The van der Waals surface area contributed by atoms with Crippen LogP contribution in [0.1, 0.15) is 26.2 Å². The van der Waals surface area contributed by atoms with Gasteiger partial charge in [-0.05, 0) is 31.6 Å². The van der Waals surface area contributed by atoms with Gasteiger partial charge in [0.25, 0.3) is 0 Å². The zero-order valence-electron chi connectivity index (χ0n) is 7.59. The Labute approximate surface area is 72.3 Å². The van der Waals surface area contributed by atoms with Crippen LogP contribution in [0, 0.1) is 10.8 Å². The molecule has 0 amide bonds. The van der Waals surface area contributed by atoms with Crippen LogP contribution in [0.3, 0.4) is 0 Å². The summed E-state index contributed by atoms with van der Waals surface area (Å²) >= 11 is 0. The Morgan fingerprint density at radius 3 is 2.33 bits per heavy atom. The summed E-state index contributed by atoms with van der Waals surface area (Å²) in [6, 6.07) is 0.226. The Balaban J connectivity index is 2.00. The number of methoxy groups -OCH3 is 1.